The molecule has 2 bridgehead atoms. The van der Waals surface area contributed by atoms with Gasteiger partial charge >= 0.3 is 30.0 Å². The number of benzene rings is 1. The van der Waals surface area contributed by atoms with Gasteiger partial charge in [0.05, 0.1) is 29.8 Å². The molecule has 2 heterocycles. The van der Waals surface area contributed by atoms with Crippen molar-refractivity contribution in [2.75, 3.05) is 6.61 Å². The Morgan fingerprint density at radius 1 is 0.952 bits per heavy atom. The van der Waals surface area contributed by atoms with Crippen LogP contribution in [0.2, 0.25) is 0 Å². The molecule has 3 aliphatic carbocycles. The molecule has 0 radical (unpaired) electrons. The molecule has 0 spiro atoms. The van der Waals surface area contributed by atoms with Crippen LogP contribution in [-0.2, 0) is 47.6 Å². The predicted molar refractivity (Wildman–Crippen MR) is 211 cm³/mol. The van der Waals surface area contributed by atoms with Crippen molar-refractivity contribution in [3.05, 3.63) is 71.2 Å². The number of esters is 4. The van der Waals surface area contributed by atoms with E-state index in [1.165, 1.54) is 58.2 Å². The van der Waals surface area contributed by atoms with Gasteiger partial charge in [0.1, 0.15) is 59.6 Å². The van der Waals surface area contributed by atoms with Crippen LogP contribution in [0.5, 0.6) is 0 Å². The van der Waals surface area contributed by atoms with Crippen molar-refractivity contribution in [2.45, 2.75) is 141 Å². The number of amides is 1. The van der Waals surface area contributed by atoms with Gasteiger partial charge < -0.3 is 58.6 Å². The molecule has 62 heavy (non-hydrogen) atoms. The highest BCUT2D eigenvalue weighted by Crippen LogP contribution is 2.64. The van der Waals surface area contributed by atoms with Crippen molar-refractivity contribution in [3.8, 4) is 0 Å². The number of furan rings is 1. The van der Waals surface area contributed by atoms with Gasteiger partial charge in [0.25, 0.3) is 0 Å². The lowest BCUT2D eigenvalue weighted by atomic mass is 9.44. The normalized spacial score (nSPS) is 32.8. The maximum atomic E-state index is 15.4. The lowest BCUT2D eigenvalue weighted by Crippen LogP contribution is -2.82. The zero-order chi connectivity index (χ0) is 45.9. The van der Waals surface area contributed by atoms with E-state index in [4.69, 9.17) is 32.8 Å². The molecule has 1 aliphatic heterocycles. The number of carbonyl (C=O) groups is 6. The number of alkyl carbamates (subject to hydrolysis) is 1. The average Bonchev–Trinajstić information content (AvgIpc) is 3.72. The van der Waals surface area contributed by atoms with Gasteiger partial charge in [0.15, 0.2) is 17.5 Å². The fourth-order valence-electron chi connectivity index (χ4n) is 9.72. The zero-order valence-electron chi connectivity index (χ0n) is 36.0. The molecule has 5 N–H and O–H groups in total. The summed E-state index contributed by atoms with van der Waals surface area (Å²) in [6.07, 6.45) is -12.7. The number of rotatable bonds is 10. The number of fused-ring (bicyclic) bond motifs is 5. The zero-order valence-corrected chi connectivity index (χ0v) is 36.0. The minimum absolute atomic E-state index is 0.0233. The molecule has 18 heteroatoms. The SMILES string of the molecule is CC(=O)O[C@@]12CO[C@@H]1C[C@H](OC(=O)[C@H](C)O)[C@@]1(C)C(=O)[C@H](O)C3=C(C)[C@@H](OC(=O)[C@H](O)[C@@H](NC(=O)OC(C)(C)C)c4ccco4)C[C@@](O)([C@@H](OC(=O)c4ccccc4)C12)C3(C)C. The Morgan fingerprint density at radius 2 is 1.61 bits per heavy atom. The Morgan fingerprint density at radius 3 is 2.16 bits per heavy atom. The van der Waals surface area contributed by atoms with Crippen molar-refractivity contribution in [1.82, 2.24) is 5.32 Å². The van der Waals surface area contributed by atoms with Gasteiger partial charge in [0, 0.05) is 25.2 Å². The molecule has 4 aliphatic rings. The summed E-state index contributed by atoms with van der Waals surface area (Å²) in [7, 11) is 0. The first-order valence-electron chi connectivity index (χ1n) is 20.3. The number of nitrogens with one attached hydrogen (secondary N) is 1. The highest BCUT2D eigenvalue weighted by Gasteiger charge is 2.78. The maximum absolute atomic E-state index is 15.4. The minimum atomic E-state index is -2.46. The summed E-state index contributed by atoms with van der Waals surface area (Å²) in [6.45, 7) is 12.5. The van der Waals surface area contributed by atoms with Gasteiger partial charge in [-0.3, -0.25) is 9.59 Å². The van der Waals surface area contributed by atoms with Crippen LogP contribution in [0.3, 0.4) is 0 Å². The topological polar surface area (TPSA) is 264 Å². The van der Waals surface area contributed by atoms with Gasteiger partial charge in [-0.25, -0.2) is 19.2 Å². The molecule has 1 unspecified atom stereocenters. The maximum Gasteiger partial charge on any atom is 0.408 e. The molecular weight excluding hydrogens is 814 g/mol. The van der Waals surface area contributed by atoms with Gasteiger partial charge in [0.2, 0.25) is 0 Å². The fraction of sp³-hybridized carbons (Fsp3) is 0.591. The predicted octanol–water partition coefficient (Wildman–Crippen LogP) is 2.78. The van der Waals surface area contributed by atoms with Crippen molar-refractivity contribution in [3.63, 3.8) is 0 Å². The van der Waals surface area contributed by atoms with E-state index in [9.17, 15) is 44.4 Å². The van der Waals surface area contributed by atoms with Crippen LogP contribution in [0.25, 0.3) is 0 Å². The smallest absolute Gasteiger partial charge is 0.408 e. The number of hydrogen-bond donors (Lipinski definition) is 5. The van der Waals surface area contributed by atoms with E-state index in [0.717, 1.165) is 13.8 Å². The first kappa shape index (κ1) is 46.4. The van der Waals surface area contributed by atoms with Crippen molar-refractivity contribution in [2.24, 2.45) is 16.7 Å². The standard InChI is InChI=1S/C44H55NO17/c1-21-26(58-38(53)32(49)30(25-16-13-17-56-25)45-39(54)62-40(4,5)6)19-44(55)35(60-37(52)24-14-11-10-12-15-24)33-42(9,34(50)31(48)29(21)41(44,7)8)27(59-36(51)22(2)46)18-28-43(33,20-57-28)61-23(3)47/h10-17,22,26-28,30-33,35,46,48-49,55H,18-20H2,1-9H3,(H,45,54)/t22-,26-,27-,28+,30-,31+,32+,33?,35-,42+,43-,44+/m0/s1. The van der Waals surface area contributed by atoms with Crippen LogP contribution in [0.1, 0.15) is 97.3 Å². The molecule has 1 saturated heterocycles. The van der Waals surface area contributed by atoms with Crippen molar-refractivity contribution in [1.29, 1.82) is 0 Å². The molecule has 3 fully saturated rings. The first-order chi connectivity index (χ1) is 28.8. The molecule has 1 amide bonds. The Labute approximate surface area is 357 Å². The second-order valence-electron chi connectivity index (χ2n) is 18.3. The largest absolute Gasteiger partial charge is 0.467 e. The number of carbonyl (C=O) groups excluding carboxylic acids is 6. The van der Waals surface area contributed by atoms with Crippen LogP contribution in [0.4, 0.5) is 4.79 Å². The Kier molecular flexibility index (Phi) is 12.4. The van der Waals surface area contributed by atoms with E-state index in [-0.39, 0.29) is 35.5 Å². The van der Waals surface area contributed by atoms with Crippen LogP contribution < -0.4 is 5.32 Å². The summed E-state index contributed by atoms with van der Waals surface area (Å²) in [4.78, 5) is 82.8. The third-order valence-corrected chi connectivity index (χ3v) is 12.8. The number of aliphatic hydroxyl groups excluding tert-OH is 3. The van der Waals surface area contributed by atoms with Crippen LogP contribution >= 0.6 is 0 Å². The average molecular weight is 870 g/mol. The summed E-state index contributed by atoms with van der Waals surface area (Å²) in [5.74, 6) is -6.99. The van der Waals surface area contributed by atoms with Crippen molar-refractivity contribution >= 4 is 35.8 Å². The van der Waals surface area contributed by atoms with Gasteiger partial charge in [-0.2, -0.15) is 0 Å². The van der Waals surface area contributed by atoms with E-state index in [2.05, 4.69) is 5.32 Å². The molecular formula is C44H55NO17. The molecule has 2 saturated carbocycles. The third-order valence-electron chi connectivity index (χ3n) is 12.8. The lowest BCUT2D eigenvalue weighted by Gasteiger charge is -2.67. The van der Waals surface area contributed by atoms with E-state index in [1.807, 2.05) is 0 Å². The highest BCUT2D eigenvalue weighted by atomic mass is 16.6. The number of ether oxygens (including phenoxy) is 6. The van der Waals surface area contributed by atoms with E-state index in [0.29, 0.717) is 0 Å². The molecule has 338 valence electrons. The summed E-state index contributed by atoms with van der Waals surface area (Å²) in [6, 6.07) is 8.99. The minimum Gasteiger partial charge on any atom is -0.467 e. The number of aliphatic hydroxyl groups is 4. The number of hydrogen-bond acceptors (Lipinski definition) is 17. The molecule has 6 rings (SSSR count). The van der Waals surface area contributed by atoms with Gasteiger partial charge in [-0.15, -0.1) is 0 Å². The number of ketones is 1. The Balaban J connectivity index is 1.53. The van der Waals surface area contributed by atoms with Crippen LogP contribution in [-0.4, -0.2) is 122 Å². The number of Topliss-reactive ketones (excluding diaryl/α,β-unsaturated/α-hetero) is 1. The quantitative estimate of drug-likeness (QED) is 0.131. The van der Waals surface area contributed by atoms with Gasteiger partial charge in [-0.05, 0) is 77.0 Å². The lowest BCUT2D eigenvalue weighted by molar-refractivity contribution is -0.346. The molecule has 1 aromatic carbocycles. The summed E-state index contributed by atoms with van der Waals surface area (Å²) < 4.78 is 40.8. The van der Waals surface area contributed by atoms with Crippen LogP contribution in [0, 0.1) is 16.7 Å². The third kappa shape index (κ3) is 7.91. The van der Waals surface area contributed by atoms with Gasteiger partial charge in [-0.1, -0.05) is 32.0 Å². The molecule has 12 atom stereocenters. The van der Waals surface area contributed by atoms with E-state index >= 15 is 4.79 Å². The fourth-order valence-corrected chi connectivity index (χ4v) is 9.72. The summed E-state index contributed by atoms with van der Waals surface area (Å²) in [5, 5.41) is 50.2. The first-order valence-corrected chi connectivity index (χ1v) is 20.3. The van der Waals surface area contributed by atoms with Crippen molar-refractivity contribution < 1.29 is 82.0 Å². The second kappa shape index (κ2) is 16.5. The monoisotopic (exact) mass is 869 g/mol. The molecule has 1 aromatic heterocycles. The Bertz CT molecular complexity index is 2110. The van der Waals surface area contributed by atoms with E-state index in [1.54, 1.807) is 39.0 Å². The second-order valence-corrected chi connectivity index (χ2v) is 18.3. The van der Waals surface area contributed by atoms with E-state index < -0.39 is 124 Å². The molecule has 2 aromatic rings. The summed E-state index contributed by atoms with van der Waals surface area (Å²) >= 11 is 0. The molecule has 18 nitrogen and oxygen atoms in total. The summed E-state index contributed by atoms with van der Waals surface area (Å²) in [5.41, 5.74) is -9.20. The highest BCUT2D eigenvalue weighted by molar-refractivity contribution is 5.94. The van der Waals surface area contributed by atoms with Crippen LogP contribution in [0.15, 0.2) is 64.3 Å². The Hall–Kier alpha value is -5.14.